The van der Waals surface area contributed by atoms with Crippen LogP contribution in [-0.2, 0) is 4.74 Å². The van der Waals surface area contributed by atoms with Crippen LogP contribution in [0, 0.1) is 0 Å². The van der Waals surface area contributed by atoms with Gasteiger partial charge in [-0.3, -0.25) is 4.90 Å². The van der Waals surface area contributed by atoms with Gasteiger partial charge in [-0.15, -0.1) is 0 Å². The third-order valence-electron chi connectivity index (χ3n) is 5.85. The first-order valence-electron chi connectivity index (χ1n) is 9.59. The summed E-state index contributed by atoms with van der Waals surface area (Å²) in [7, 11) is 0. The van der Waals surface area contributed by atoms with E-state index in [1.165, 1.54) is 32.4 Å². The highest BCUT2D eigenvalue weighted by molar-refractivity contribution is 5.34. The number of nitrogens with one attached hydrogen (secondary N) is 1. The number of ether oxygens (including phenoxy) is 1. The molecule has 0 aromatic heterocycles. The van der Waals surface area contributed by atoms with Crippen LogP contribution in [0.1, 0.15) is 57.1 Å². The lowest BCUT2D eigenvalue weighted by Crippen LogP contribution is -2.59. The smallest absolute Gasteiger partial charge is 0.120 e. The lowest BCUT2D eigenvalue weighted by Gasteiger charge is -2.48. The van der Waals surface area contributed by atoms with Gasteiger partial charge in [-0.05, 0) is 51.3 Å². The van der Waals surface area contributed by atoms with Gasteiger partial charge in [0.25, 0.3) is 0 Å². The van der Waals surface area contributed by atoms with Crippen LogP contribution in [0.15, 0.2) is 24.3 Å². The molecule has 0 spiro atoms. The minimum Gasteiger partial charge on any atom is -0.508 e. The Morgan fingerprint density at radius 3 is 2.54 bits per heavy atom. The number of likely N-dealkylation sites (tertiary alicyclic amines) is 1. The van der Waals surface area contributed by atoms with E-state index in [1.54, 1.807) is 6.07 Å². The summed E-state index contributed by atoms with van der Waals surface area (Å²) in [5.41, 5.74) is 1.23. The third-order valence-corrected chi connectivity index (χ3v) is 5.85. The standard InChI is InChI=1S/C20H32N2O2/c1-2-18(17-8-4-5-9-19(17)23)21-16-20(10-14-24-15-11-20)22-12-6-3-7-13-22/h4-5,8-9,18,21,23H,2-3,6-7,10-16H2,1H3. The Balaban J connectivity index is 1.71. The van der Waals surface area contributed by atoms with Crippen molar-refractivity contribution in [1.29, 1.82) is 0 Å². The van der Waals surface area contributed by atoms with Crippen LogP contribution in [-0.4, -0.2) is 48.4 Å². The molecule has 2 fully saturated rings. The fourth-order valence-electron chi connectivity index (χ4n) is 4.29. The predicted octanol–water partition coefficient (Wildman–Crippen LogP) is 3.47. The van der Waals surface area contributed by atoms with Crippen LogP contribution in [0.4, 0.5) is 0 Å². The van der Waals surface area contributed by atoms with Gasteiger partial charge >= 0.3 is 0 Å². The van der Waals surface area contributed by atoms with Gasteiger partial charge in [0.1, 0.15) is 5.75 Å². The van der Waals surface area contributed by atoms with Gasteiger partial charge in [0.15, 0.2) is 0 Å². The van der Waals surface area contributed by atoms with Crippen molar-refractivity contribution in [3.63, 3.8) is 0 Å². The molecule has 2 saturated heterocycles. The number of phenolic OH excluding ortho intramolecular Hbond substituents is 1. The summed E-state index contributed by atoms with van der Waals surface area (Å²) in [5, 5.41) is 14.0. The van der Waals surface area contributed by atoms with Gasteiger partial charge in [-0.1, -0.05) is 31.5 Å². The van der Waals surface area contributed by atoms with E-state index >= 15 is 0 Å². The number of hydrogen-bond donors (Lipinski definition) is 2. The highest BCUT2D eigenvalue weighted by Gasteiger charge is 2.39. The molecular formula is C20H32N2O2. The largest absolute Gasteiger partial charge is 0.508 e. The topological polar surface area (TPSA) is 44.7 Å². The van der Waals surface area contributed by atoms with Crippen LogP contribution in [0.25, 0.3) is 0 Å². The minimum atomic E-state index is 0.204. The van der Waals surface area contributed by atoms with Crippen molar-refractivity contribution < 1.29 is 9.84 Å². The maximum absolute atomic E-state index is 10.2. The normalized spacial score (nSPS) is 23.0. The maximum atomic E-state index is 10.2. The van der Waals surface area contributed by atoms with E-state index in [2.05, 4.69) is 17.1 Å². The highest BCUT2D eigenvalue weighted by atomic mass is 16.5. The molecule has 2 aliphatic rings. The molecule has 1 unspecified atom stereocenters. The van der Waals surface area contributed by atoms with Crippen LogP contribution >= 0.6 is 0 Å². The fraction of sp³-hybridized carbons (Fsp3) is 0.700. The van der Waals surface area contributed by atoms with Crippen molar-refractivity contribution in [2.75, 3.05) is 32.8 Å². The molecule has 0 radical (unpaired) electrons. The van der Waals surface area contributed by atoms with E-state index in [0.29, 0.717) is 5.75 Å². The van der Waals surface area contributed by atoms with Crippen LogP contribution < -0.4 is 5.32 Å². The fourth-order valence-corrected chi connectivity index (χ4v) is 4.29. The molecule has 134 valence electrons. The van der Waals surface area contributed by atoms with Gasteiger partial charge in [-0.25, -0.2) is 0 Å². The predicted molar refractivity (Wildman–Crippen MR) is 97.3 cm³/mol. The lowest BCUT2D eigenvalue weighted by atomic mass is 9.85. The van der Waals surface area contributed by atoms with Crippen molar-refractivity contribution in [2.24, 2.45) is 0 Å². The Hall–Kier alpha value is -1.10. The van der Waals surface area contributed by atoms with Gasteiger partial charge in [0.05, 0.1) is 0 Å². The Labute approximate surface area is 146 Å². The van der Waals surface area contributed by atoms with Gasteiger partial charge < -0.3 is 15.2 Å². The first-order chi connectivity index (χ1) is 11.7. The van der Waals surface area contributed by atoms with Crippen LogP contribution in [0.2, 0.25) is 0 Å². The number of rotatable bonds is 6. The summed E-state index contributed by atoms with van der Waals surface area (Å²) in [6, 6.07) is 7.92. The number of para-hydroxylation sites is 1. The Bertz CT molecular complexity index is 508. The van der Waals surface area contributed by atoms with Crippen LogP contribution in [0.5, 0.6) is 5.75 Å². The van der Waals surface area contributed by atoms with Gasteiger partial charge in [0.2, 0.25) is 0 Å². The van der Waals surface area contributed by atoms with Gasteiger partial charge in [-0.2, -0.15) is 0 Å². The summed E-state index contributed by atoms with van der Waals surface area (Å²) in [6.45, 7) is 7.33. The molecule has 0 aliphatic carbocycles. The Morgan fingerprint density at radius 1 is 1.17 bits per heavy atom. The number of aromatic hydroxyl groups is 1. The summed E-state index contributed by atoms with van der Waals surface area (Å²) < 4.78 is 5.66. The molecule has 4 nitrogen and oxygen atoms in total. The molecule has 3 rings (SSSR count). The lowest BCUT2D eigenvalue weighted by molar-refractivity contribution is -0.0369. The molecule has 2 heterocycles. The molecule has 4 heteroatoms. The quantitative estimate of drug-likeness (QED) is 0.837. The molecule has 0 bridgehead atoms. The summed E-state index contributed by atoms with van der Waals surface area (Å²) in [5.74, 6) is 0.399. The molecule has 1 aromatic carbocycles. The highest BCUT2D eigenvalue weighted by Crippen LogP contribution is 2.32. The summed E-state index contributed by atoms with van der Waals surface area (Å²) >= 11 is 0. The van der Waals surface area contributed by atoms with E-state index in [4.69, 9.17) is 4.74 Å². The van der Waals surface area contributed by atoms with Crippen molar-refractivity contribution >= 4 is 0 Å². The molecule has 24 heavy (non-hydrogen) atoms. The summed E-state index contributed by atoms with van der Waals surface area (Å²) in [4.78, 5) is 2.71. The average molecular weight is 332 g/mol. The zero-order valence-electron chi connectivity index (χ0n) is 15.0. The Kier molecular flexibility index (Phi) is 6.14. The van der Waals surface area contributed by atoms with Gasteiger partial charge in [0, 0.05) is 36.9 Å². The van der Waals surface area contributed by atoms with Crippen molar-refractivity contribution in [1.82, 2.24) is 10.2 Å². The van der Waals surface area contributed by atoms with Crippen molar-refractivity contribution in [2.45, 2.75) is 57.0 Å². The van der Waals surface area contributed by atoms with Crippen molar-refractivity contribution in [3.8, 4) is 5.75 Å². The number of phenols is 1. The zero-order chi connectivity index (χ0) is 16.8. The molecular weight excluding hydrogens is 300 g/mol. The number of hydrogen-bond acceptors (Lipinski definition) is 4. The molecule has 1 atom stereocenters. The van der Waals surface area contributed by atoms with E-state index in [0.717, 1.165) is 44.6 Å². The second-order valence-corrected chi connectivity index (χ2v) is 7.28. The average Bonchev–Trinajstić information content (AvgIpc) is 2.65. The first kappa shape index (κ1) is 17.7. The van der Waals surface area contributed by atoms with Crippen molar-refractivity contribution in [3.05, 3.63) is 29.8 Å². The van der Waals surface area contributed by atoms with E-state index in [1.807, 2.05) is 18.2 Å². The molecule has 2 aliphatic heterocycles. The maximum Gasteiger partial charge on any atom is 0.120 e. The number of piperidine rings is 1. The summed E-state index contributed by atoms with van der Waals surface area (Å²) in [6.07, 6.45) is 7.20. The van der Waals surface area contributed by atoms with E-state index in [-0.39, 0.29) is 11.6 Å². The minimum absolute atomic E-state index is 0.204. The first-order valence-corrected chi connectivity index (χ1v) is 9.59. The molecule has 0 saturated carbocycles. The number of nitrogens with zero attached hydrogens (tertiary/aromatic N) is 1. The second-order valence-electron chi connectivity index (χ2n) is 7.28. The molecule has 1 aromatic rings. The SMILES string of the molecule is CCC(NCC1(N2CCCCC2)CCOCC1)c1ccccc1O. The second kappa shape index (κ2) is 8.32. The third kappa shape index (κ3) is 3.93. The zero-order valence-corrected chi connectivity index (χ0v) is 15.0. The Morgan fingerprint density at radius 2 is 1.88 bits per heavy atom. The monoisotopic (exact) mass is 332 g/mol. The molecule has 0 amide bonds. The van der Waals surface area contributed by atoms with E-state index in [9.17, 15) is 5.11 Å². The molecule has 2 N–H and O–H groups in total. The van der Waals surface area contributed by atoms with Crippen LogP contribution in [0.3, 0.4) is 0 Å². The van der Waals surface area contributed by atoms with E-state index < -0.39 is 0 Å². The number of benzene rings is 1.